The van der Waals surface area contributed by atoms with E-state index in [9.17, 15) is 9.59 Å². The molecule has 2 fully saturated rings. The van der Waals surface area contributed by atoms with Crippen molar-refractivity contribution >= 4 is 12.0 Å². The first-order valence-electron chi connectivity index (χ1n) is 5.42. The van der Waals surface area contributed by atoms with Crippen LogP contribution in [0.15, 0.2) is 0 Å². The first-order valence-corrected chi connectivity index (χ1v) is 5.42. The molecule has 0 aromatic heterocycles. The van der Waals surface area contributed by atoms with Gasteiger partial charge in [0, 0.05) is 19.6 Å². The highest BCUT2D eigenvalue weighted by molar-refractivity contribution is 5.79. The average Bonchev–Trinajstić information content (AvgIpc) is 1.97. The fourth-order valence-corrected chi connectivity index (χ4v) is 1.84. The molecular weight excluding hydrogens is 196 g/mol. The van der Waals surface area contributed by atoms with Crippen molar-refractivity contribution in [3.63, 3.8) is 0 Å². The second-order valence-electron chi connectivity index (χ2n) is 4.42. The molecule has 0 atom stereocenters. The minimum absolute atomic E-state index is 0.112. The van der Waals surface area contributed by atoms with Gasteiger partial charge in [-0.2, -0.15) is 0 Å². The molecule has 0 unspecified atom stereocenters. The van der Waals surface area contributed by atoms with Crippen LogP contribution in [0.1, 0.15) is 19.3 Å². The van der Waals surface area contributed by atoms with Crippen LogP contribution in [0.4, 0.5) is 4.79 Å². The molecule has 2 rings (SSSR count). The van der Waals surface area contributed by atoms with Gasteiger partial charge in [0.25, 0.3) is 0 Å². The molecule has 15 heavy (non-hydrogen) atoms. The molecule has 0 aromatic rings. The minimum atomic E-state index is -0.807. The van der Waals surface area contributed by atoms with E-state index in [1.54, 1.807) is 4.90 Å². The van der Waals surface area contributed by atoms with Gasteiger partial charge in [-0.1, -0.05) is 6.42 Å². The Kier molecular flexibility index (Phi) is 2.79. The molecule has 1 heterocycles. The fourth-order valence-electron chi connectivity index (χ4n) is 1.84. The minimum Gasteiger partial charge on any atom is -0.481 e. The molecule has 0 spiro atoms. The average molecular weight is 212 g/mol. The molecule has 5 nitrogen and oxygen atoms in total. The van der Waals surface area contributed by atoms with Gasteiger partial charge in [-0.25, -0.2) is 4.79 Å². The number of nitrogens with zero attached hydrogens (tertiary/aromatic N) is 1. The smallest absolute Gasteiger partial charge is 0.317 e. The van der Waals surface area contributed by atoms with E-state index in [1.165, 1.54) is 19.3 Å². The van der Waals surface area contributed by atoms with E-state index in [1.807, 2.05) is 0 Å². The third-order valence-electron chi connectivity index (χ3n) is 3.28. The number of likely N-dealkylation sites (tertiary alicyclic amines) is 1. The topological polar surface area (TPSA) is 69.6 Å². The summed E-state index contributed by atoms with van der Waals surface area (Å²) >= 11 is 0. The van der Waals surface area contributed by atoms with Crippen molar-refractivity contribution in [3.8, 4) is 0 Å². The van der Waals surface area contributed by atoms with Gasteiger partial charge < -0.3 is 15.3 Å². The number of hydrogen-bond acceptors (Lipinski definition) is 2. The highest BCUT2D eigenvalue weighted by atomic mass is 16.4. The summed E-state index contributed by atoms with van der Waals surface area (Å²) in [7, 11) is 0. The lowest BCUT2D eigenvalue weighted by molar-refractivity contribution is -0.146. The first-order chi connectivity index (χ1) is 7.16. The van der Waals surface area contributed by atoms with Gasteiger partial charge in [0.15, 0.2) is 0 Å². The predicted octanol–water partition coefficient (Wildman–Crippen LogP) is 0.512. The summed E-state index contributed by atoms with van der Waals surface area (Å²) in [5.41, 5.74) is 0. The normalized spacial score (nSPS) is 21.7. The maximum Gasteiger partial charge on any atom is 0.317 e. The van der Waals surface area contributed by atoms with Crippen molar-refractivity contribution in [1.82, 2.24) is 10.2 Å². The van der Waals surface area contributed by atoms with E-state index in [4.69, 9.17) is 5.11 Å². The SMILES string of the molecule is O=C(O)C1CN(C(=O)NCC2CCC2)C1. The number of aliphatic carboxylic acids is 1. The molecule has 1 aliphatic carbocycles. The summed E-state index contributed by atoms with van der Waals surface area (Å²) in [5, 5.41) is 11.5. The largest absolute Gasteiger partial charge is 0.481 e. The van der Waals surface area contributed by atoms with Gasteiger partial charge in [-0.15, -0.1) is 0 Å². The third kappa shape index (κ3) is 2.22. The van der Waals surface area contributed by atoms with Gasteiger partial charge in [0.05, 0.1) is 5.92 Å². The van der Waals surface area contributed by atoms with Crippen LogP contribution in [0, 0.1) is 11.8 Å². The molecule has 2 aliphatic rings. The number of amides is 2. The Morgan fingerprint density at radius 1 is 1.33 bits per heavy atom. The van der Waals surface area contributed by atoms with Crippen LogP contribution in [-0.4, -0.2) is 41.6 Å². The number of carbonyl (C=O) groups is 2. The molecule has 1 saturated carbocycles. The second kappa shape index (κ2) is 4.08. The van der Waals surface area contributed by atoms with E-state index >= 15 is 0 Å². The number of nitrogens with one attached hydrogen (secondary N) is 1. The van der Waals surface area contributed by atoms with E-state index in [-0.39, 0.29) is 11.9 Å². The molecule has 0 aromatic carbocycles. The van der Waals surface area contributed by atoms with Crippen LogP contribution < -0.4 is 5.32 Å². The van der Waals surface area contributed by atoms with Crippen LogP contribution in [0.5, 0.6) is 0 Å². The Morgan fingerprint density at radius 3 is 2.47 bits per heavy atom. The molecule has 1 saturated heterocycles. The molecule has 0 bridgehead atoms. The molecular formula is C10H16N2O3. The maximum absolute atomic E-state index is 11.5. The third-order valence-corrected chi connectivity index (χ3v) is 3.28. The van der Waals surface area contributed by atoms with Crippen molar-refractivity contribution < 1.29 is 14.7 Å². The number of rotatable bonds is 3. The Labute approximate surface area is 88.4 Å². The lowest BCUT2D eigenvalue weighted by atomic mass is 9.85. The highest BCUT2D eigenvalue weighted by Crippen LogP contribution is 2.25. The Morgan fingerprint density at radius 2 is 2.00 bits per heavy atom. The van der Waals surface area contributed by atoms with Gasteiger partial charge in [-0.3, -0.25) is 4.79 Å². The van der Waals surface area contributed by atoms with E-state index in [0.29, 0.717) is 19.0 Å². The summed E-state index contributed by atoms with van der Waals surface area (Å²) in [6, 6.07) is -0.112. The van der Waals surface area contributed by atoms with Crippen molar-refractivity contribution in [2.24, 2.45) is 11.8 Å². The lowest BCUT2D eigenvalue weighted by Crippen LogP contribution is -2.56. The Balaban J connectivity index is 1.63. The van der Waals surface area contributed by atoms with Gasteiger partial charge in [0.1, 0.15) is 0 Å². The van der Waals surface area contributed by atoms with Gasteiger partial charge in [0.2, 0.25) is 0 Å². The summed E-state index contributed by atoms with van der Waals surface area (Å²) in [4.78, 5) is 23.5. The maximum atomic E-state index is 11.5. The standard InChI is InChI=1S/C10H16N2O3/c13-9(14)8-5-12(6-8)10(15)11-4-7-2-1-3-7/h7-8H,1-6H2,(H,11,15)(H,13,14). The zero-order valence-electron chi connectivity index (χ0n) is 8.61. The molecule has 1 aliphatic heterocycles. The van der Waals surface area contributed by atoms with Crippen molar-refractivity contribution in [1.29, 1.82) is 0 Å². The number of urea groups is 1. The molecule has 84 valence electrons. The number of carboxylic acid groups (broad SMARTS) is 1. The molecule has 2 amide bonds. The van der Waals surface area contributed by atoms with Gasteiger partial charge in [-0.05, 0) is 18.8 Å². The van der Waals surface area contributed by atoms with E-state index < -0.39 is 5.97 Å². The molecule has 5 heteroatoms. The summed E-state index contributed by atoms with van der Waals surface area (Å²) in [6.07, 6.45) is 3.68. The van der Waals surface area contributed by atoms with Crippen molar-refractivity contribution in [2.45, 2.75) is 19.3 Å². The first kappa shape index (κ1) is 10.3. The number of hydrogen-bond donors (Lipinski definition) is 2. The van der Waals surface area contributed by atoms with Gasteiger partial charge >= 0.3 is 12.0 Å². The van der Waals surface area contributed by atoms with Crippen LogP contribution in [-0.2, 0) is 4.79 Å². The summed E-state index contributed by atoms with van der Waals surface area (Å²) in [5.74, 6) is -0.525. The zero-order valence-corrected chi connectivity index (χ0v) is 8.61. The number of carbonyl (C=O) groups excluding carboxylic acids is 1. The van der Waals surface area contributed by atoms with Crippen molar-refractivity contribution in [2.75, 3.05) is 19.6 Å². The number of carboxylic acids is 1. The zero-order chi connectivity index (χ0) is 10.8. The van der Waals surface area contributed by atoms with Crippen LogP contribution in [0.3, 0.4) is 0 Å². The van der Waals surface area contributed by atoms with Crippen LogP contribution in [0.2, 0.25) is 0 Å². The van der Waals surface area contributed by atoms with E-state index in [0.717, 1.165) is 6.54 Å². The summed E-state index contributed by atoms with van der Waals surface area (Å²) < 4.78 is 0. The monoisotopic (exact) mass is 212 g/mol. The molecule has 2 N–H and O–H groups in total. The fraction of sp³-hybridized carbons (Fsp3) is 0.800. The van der Waals surface area contributed by atoms with Crippen LogP contribution >= 0.6 is 0 Å². The lowest BCUT2D eigenvalue weighted by Gasteiger charge is -2.37. The summed E-state index contributed by atoms with van der Waals surface area (Å²) in [6.45, 7) is 1.45. The predicted molar refractivity (Wildman–Crippen MR) is 53.4 cm³/mol. The Bertz CT molecular complexity index is 270. The van der Waals surface area contributed by atoms with Crippen molar-refractivity contribution in [3.05, 3.63) is 0 Å². The highest BCUT2D eigenvalue weighted by Gasteiger charge is 2.35. The Hall–Kier alpha value is -1.26. The molecule has 0 radical (unpaired) electrons. The van der Waals surface area contributed by atoms with E-state index in [2.05, 4.69) is 5.32 Å². The van der Waals surface area contributed by atoms with Crippen LogP contribution in [0.25, 0.3) is 0 Å². The quantitative estimate of drug-likeness (QED) is 0.716. The second-order valence-corrected chi connectivity index (χ2v) is 4.42.